The van der Waals surface area contributed by atoms with Gasteiger partial charge in [0.1, 0.15) is 23.9 Å². The van der Waals surface area contributed by atoms with Crippen molar-refractivity contribution < 1.29 is 19.0 Å². The second kappa shape index (κ2) is 7.09. The molecule has 3 nitrogen and oxygen atoms in total. The van der Waals surface area contributed by atoms with E-state index in [1.807, 2.05) is 25.1 Å². The number of aliphatic hydroxyl groups is 1. The topological polar surface area (TPSA) is 38.7 Å². The molecular formula is C17H19FO3. The highest BCUT2D eigenvalue weighted by atomic mass is 19.1. The van der Waals surface area contributed by atoms with Gasteiger partial charge in [0.25, 0.3) is 0 Å². The Morgan fingerprint density at radius 1 is 1.10 bits per heavy atom. The lowest BCUT2D eigenvalue weighted by Crippen LogP contribution is -2.03. The molecule has 112 valence electrons. The number of hydrogen-bond donors (Lipinski definition) is 1. The molecule has 1 N–H and O–H groups in total. The van der Waals surface area contributed by atoms with E-state index in [-0.39, 0.29) is 5.82 Å². The third-order valence-electron chi connectivity index (χ3n) is 3.07. The third-order valence-corrected chi connectivity index (χ3v) is 3.07. The predicted molar refractivity (Wildman–Crippen MR) is 79.0 cm³/mol. The summed E-state index contributed by atoms with van der Waals surface area (Å²) in [6.45, 7) is 4.46. The van der Waals surface area contributed by atoms with Crippen LogP contribution in [0.4, 0.5) is 4.39 Å². The highest BCUT2D eigenvalue weighted by Crippen LogP contribution is 2.25. The molecule has 0 aliphatic carbocycles. The van der Waals surface area contributed by atoms with Gasteiger partial charge in [-0.1, -0.05) is 6.07 Å². The van der Waals surface area contributed by atoms with Gasteiger partial charge in [0, 0.05) is 5.56 Å². The fourth-order valence-corrected chi connectivity index (χ4v) is 1.96. The summed E-state index contributed by atoms with van der Waals surface area (Å²) in [6, 6.07) is 11.4. The van der Waals surface area contributed by atoms with Gasteiger partial charge in [0.05, 0.1) is 12.7 Å². The van der Waals surface area contributed by atoms with E-state index < -0.39 is 6.10 Å². The van der Waals surface area contributed by atoms with Gasteiger partial charge in [0.2, 0.25) is 0 Å². The standard InChI is InChI=1S/C17H19FO3/c1-3-20-17-9-4-13(12(2)19)10-14(17)11-21-16-7-5-15(18)6-8-16/h4-10,12,19H,3,11H2,1-2H3. The molecule has 0 aliphatic rings. The Balaban J connectivity index is 2.16. The number of aliphatic hydroxyl groups excluding tert-OH is 1. The summed E-state index contributed by atoms with van der Waals surface area (Å²) in [6.07, 6.45) is -0.551. The second-order valence-electron chi connectivity index (χ2n) is 4.72. The maximum Gasteiger partial charge on any atom is 0.125 e. The molecule has 0 aliphatic heterocycles. The van der Waals surface area contributed by atoms with E-state index >= 15 is 0 Å². The molecule has 1 atom stereocenters. The van der Waals surface area contributed by atoms with Crippen LogP contribution in [-0.4, -0.2) is 11.7 Å². The van der Waals surface area contributed by atoms with Crippen LogP contribution in [0.3, 0.4) is 0 Å². The Morgan fingerprint density at radius 2 is 1.81 bits per heavy atom. The van der Waals surface area contributed by atoms with E-state index in [0.29, 0.717) is 19.0 Å². The van der Waals surface area contributed by atoms with E-state index in [0.717, 1.165) is 16.9 Å². The van der Waals surface area contributed by atoms with Crippen molar-refractivity contribution in [2.75, 3.05) is 6.61 Å². The molecule has 0 spiro atoms. The van der Waals surface area contributed by atoms with Crippen LogP contribution in [0.1, 0.15) is 31.1 Å². The van der Waals surface area contributed by atoms with Gasteiger partial charge in [-0.05, 0) is 55.8 Å². The maximum absolute atomic E-state index is 12.9. The lowest BCUT2D eigenvalue weighted by molar-refractivity contribution is 0.198. The van der Waals surface area contributed by atoms with Crippen molar-refractivity contribution in [3.05, 3.63) is 59.4 Å². The van der Waals surface area contributed by atoms with Crippen LogP contribution < -0.4 is 9.47 Å². The summed E-state index contributed by atoms with van der Waals surface area (Å²) >= 11 is 0. The monoisotopic (exact) mass is 290 g/mol. The van der Waals surface area contributed by atoms with Gasteiger partial charge < -0.3 is 14.6 Å². The molecule has 0 aromatic heterocycles. The van der Waals surface area contributed by atoms with E-state index in [9.17, 15) is 9.50 Å². The van der Waals surface area contributed by atoms with Crippen molar-refractivity contribution in [2.45, 2.75) is 26.6 Å². The highest BCUT2D eigenvalue weighted by molar-refractivity contribution is 5.38. The summed E-state index contributed by atoms with van der Waals surface area (Å²) in [4.78, 5) is 0. The normalized spacial score (nSPS) is 12.0. The van der Waals surface area contributed by atoms with Gasteiger partial charge in [-0.15, -0.1) is 0 Å². The summed E-state index contributed by atoms with van der Waals surface area (Å²) in [5.74, 6) is 1.01. The van der Waals surface area contributed by atoms with Crippen LogP contribution in [0.2, 0.25) is 0 Å². The second-order valence-corrected chi connectivity index (χ2v) is 4.72. The van der Waals surface area contributed by atoms with Crippen LogP contribution in [0.25, 0.3) is 0 Å². The van der Waals surface area contributed by atoms with Crippen LogP contribution in [-0.2, 0) is 6.61 Å². The van der Waals surface area contributed by atoms with Crippen LogP contribution in [0, 0.1) is 5.82 Å². The summed E-state index contributed by atoms with van der Waals surface area (Å²) in [5.41, 5.74) is 1.65. The van der Waals surface area contributed by atoms with Gasteiger partial charge in [-0.25, -0.2) is 4.39 Å². The molecule has 2 rings (SSSR count). The van der Waals surface area contributed by atoms with Crippen molar-refractivity contribution in [3.63, 3.8) is 0 Å². The van der Waals surface area contributed by atoms with E-state index in [1.165, 1.54) is 12.1 Å². The van der Waals surface area contributed by atoms with Crippen LogP contribution in [0.5, 0.6) is 11.5 Å². The SMILES string of the molecule is CCOc1ccc(C(C)O)cc1COc1ccc(F)cc1. The zero-order chi connectivity index (χ0) is 15.2. The van der Waals surface area contributed by atoms with Crippen LogP contribution in [0.15, 0.2) is 42.5 Å². The van der Waals surface area contributed by atoms with Crippen molar-refractivity contribution in [2.24, 2.45) is 0 Å². The molecule has 0 amide bonds. The summed E-state index contributed by atoms with van der Waals surface area (Å²) < 4.78 is 24.1. The molecule has 21 heavy (non-hydrogen) atoms. The van der Waals surface area contributed by atoms with Crippen molar-refractivity contribution in [1.29, 1.82) is 0 Å². The third kappa shape index (κ3) is 4.20. The molecule has 0 saturated heterocycles. The summed E-state index contributed by atoms with van der Waals surface area (Å²) in [5, 5.41) is 9.66. The fourth-order valence-electron chi connectivity index (χ4n) is 1.96. The molecule has 0 bridgehead atoms. The van der Waals surface area contributed by atoms with Crippen LogP contribution >= 0.6 is 0 Å². The van der Waals surface area contributed by atoms with E-state index in [4.69, 9.17) is 9.47 Å². The molecule has 0 heterocycles. The first-order valence-corrected chi connectivity index (χ1v) is 6.92. The minimum Gasteiger partial charge on any atom is -0.493 e. The average molecular weight is 290 g/mol. The van der Waals surface area contributed by atoms with E-state index in [2.05, 4.69) is 0 Å². The Kier molecular flexibility index (Phi) is 5.17. The summed E-state index contributed by atoms with van der Waals surface area (Å²) in [7, 11) is 0. The predicted octanol–water partition coefficient (Wildman–Crippen LogP) is 3.86. The number of benzene rings is 2. The van der Waals surface area contributed by atoms with Gasteiger partial charge in [-0.2, -0.15) is 0 Å². The van der Waals surface area contributed by atoms with Crippen molar-refractivity contribution in [1.82, 2.24) is 0 Å². The van der Waals surface area contributed by atoms with Crippen molar-refractivity contribution >= 4 is 0 Å². The molecule has 1 unspecified atom stereocenters. The Morgan fingerprint density at radius 3 is 2.43 bits per heavy atom. The Bertz CT molecular complexity index is 579. The lowest BCUT2D eigenvalue weighted by atomic mass is 10.1. The Labute approximate surface area is 124 Å². The van der Waals surface area contributed by atoms with Crippen molar-refractivity contribution in [3.8, 4) is 11.5 Å². The number of hydrogen-bond acceptors (Lipinski definition) is 3. The quantitative estimate of drug-likeness (QED) is 0.878. The molecule has 2 aromatic rings. The molecule has 0 fully saturated rings. The first-order valence-electron chi connectivity index (χ1n) is 6.92. The minimum atomic E-state index is -0.551. The zero-order valence-corrected chi connectivity index (χ0v) is 12.2. The van der Waals surface area contributed by atoms with E-state index in [1.54, 1.807) is 19.1 Å². The number of rotatable bonds is 6. The highest BCUT2D eigenvalue weighted by Gasteiger charge is 2.09. The first kappa shape index (κ1) is 15.3. The molecular weight excluding hydrogens is 271 g/mol. The molecule has 0 radical (unpaired) electrons. The molecule has 4 heteroatoms. The Hall–Kier alpha value is -2.07. The lowest BCUT2D eigenvalue weighted by Gasteiger charge is -2.14. The smallest absolute Gasteiger partial charge is 0.125 e. The van der Waals surface area contributed by atoms with Gasteiger partial charge >= 0.3 is 0 Å². The van der Waals surface area contributed by atoms with Gasteiger partial charge in [0.15, 0.2) is 0 Å². The van der Waals surface area contributed by atoms with Gasteiger partial charge in [-0.3, -0.25) is 0 Å². The zero-order valence-electron chi connectivity index (χ0n) is 12.2. The minimum absolute atomic E-state index is 0.293. The molecule has 2 aromatic carbocycles. The first-order chi connectivity index (χ1) is 10.1. The maximum atomic E-state index is 12.9. The number of ether oxygens (including phenoxy) is 2. The number of halogens is 1. The fraction of sp³-hybridized carbons (Fsp3) is 0.294. The largest absolute Gasteiger partial charge is 0.493 e. The average Bonchev–Trinajstić information content (AvgIpc) is 2.48. The molecule has 0 saturated carbocycles.